The van der Waals surface area contributed by atoms with E-state index < -0.39 is 53.2 Å². The minimum absolute atomic E-state index is 0.00217. The monoisotopic (exact) mass is 520 g/mol. The van der Waals surface area contributed by atoms with Crippen LogP contribution in [0.15, 0.2) is 36.4 Å². The molecule has 1 saturated carbocycles. The molecule has 2 aliphatic rings. The van der Waals surface area contributed by atoms with Crippen molar-refractivity contribution in [2.75, 3.05) is 16.4 Å². The van der Waals surface area contributed by atoms with Gasteiger partial charge in [0.05, 0.1) is 41.5 Å². The number of nitriles is 1. The van der Waals surface area contributed by atoms with Crippen molar-refractivity contribution in [3.05, 3.63) is 58.9 Å². The van der Waals surface area contributed by atoms with Crippen LogP contribution in [-0.4, -0.2) is 41.8 Å². The lowest BCUT2D eigenvalue weighted by Gasteiger charge is -2.32. The van der Waals surface area contributed by atoms with E-state index in [1.54, 1.807) is 0 Å². The van der Waals surface area contributed by atoms with Crippen LogP contribution in [0.2, 0.25) is 0 Å². The molecule has 0 aromatic heterocycles. The topological polar surface area (TPSA) is 106 Å². The quantitative estimate of drug-likeness (QED) is 0.431. The number of fused-ring (bicyclic) bond motifs is 1. The number of halogens is 4. The number of carbonyl (C=O) groups is 2. The molecular formula is C25H24F4N4O4. The SMILES string of the molecule is CC(CO)ONC(=O)c1ccc(N2C(=O)N(c3ccc(C#N)c(C(F)(F)F)c3)C3CCCCC32)cc1F. The Bertz CT molecular complexity index is 1250. The van der Waals surface area contributed by atoms with Gasteiger partial charge in [-0.2, -0.15) is 18.4 Å². The van der Waals surface area contributed by atoms with E-state index in [4.69, 9.17) is 15.2 Å². The van der Waals surface area contributed by atoms with Gasteiger partial charge in [-0.3, -0.25) is 19.4 Å². The number of anilines is 2. The first-order valence-corrected chi connectivity index (χ1v) is 11.7. The molecule has 2 aromatic carbocycles. The third kappa shape index (κ3) is 5.10. The van der Waals surface area contributed by atoms with E-state index in [1.165, 1.54) is 41.0 Å². The molecule has 2 fully saturated rings. The molecule has 3 unspecified atom stereocenters. The van der Waals surface area contributed by atoms with Crippen LogP contribution in [0, 0.1) is 17.1 Å². The summed E-state index contributed by atoms with van der Waals surface area (Å²) in [5, 5.41) is 18.1. The van der Waals surface area contributed by atoms with Gasteiger partial charge in [-0.05, 0) is 56.2 Å². The summed E-state index contributed by atoms with van der Waals surface area (Å²) in [5.41, 5.74) is 0.179. The van der Waals surface area contributed by atoms with Crippen molar-refractivity contribution in [3.63, 3.8) is 0 Å². The van der Waals surface area contributed by atoms with Crippen LogP contribution in [0.3, 0.4) is 0 Å². The predicted molar refractivity (Wildman–Crippen MR) is 124 cm³/mol. The number of hydrogen-bond donors (Lipinski definition) is 2. The van der Waals surface area contributed by atoms with Gasteiger partial charge in [0.1, 0.15) is 11.9 Å². The third-order valence-electron chi connectivity index (χ3n) is 6.56. The number of alkyl halides is 3. The average molecular weight is 520 g/mol. The number of carbonyl (C=O) groups excluding carboxylic acids is 2. The van der Waals surface area contributed by atoms with Gasteiger partial charge in [0.2, 0.25) is 0 Å². The summed E-state index contributed by atoms with van der Waals surface area (Å²) in [6, 6.07) is 6.79. The summed E-state index contributed by atoms with van der Waals surface area (Å²) in [7, 11) is 0. The van der Waals surface area contributed by atoms with Crippen molar-refractivity contribution < 1.29 is 37.1 Å². The van der Waals surface area contributed by atoms with E-state index in [1.807, 2.05) is 5.48 Å². The van der Waals surface area contributed by atoms with Crippen molar-refractivity contribution in [3.8, 4) is 6.07 Å². The van der Waals surface area contributed by atoms with Crippen LogP contribution in [-0.2, 0) is 11.0 Å². The van der Waals surface area contributed by atoms with E-state index in [2.05, 4.69) is 0 Å². The summed E-state index contributed by atoms with van der Waals surface area (Å²) in [6.45, 7) is 1.14. The zero-order valence-corrected chi connectivity index (χ0v) is 19.8. The lowest BCUT2D eigenvalue weighted by molar-refractivity contribution is -0.137. The molecular weight excluding hydrogens is 496 g/mol. The first-order chi connectivity index (χ1) is 17.6. The molecule has 196 valence electrons. The number of hydroxylamine groups is 1. The maximum absolute atomic E-state index is 14.9. The molecule has 1 heterocycles. The van der Waals surface area contributed by atoms with Crippen LogP contribution >= 0.6 is 0 Å². The number of benzene rings is 2. The Balaban J connectivity index is 1.67. The molecule has 4 rings (SSSR count). The highest BCUT2D eigenvalue weighted by atomic mass is 19.4. The fourth-order valence-corrected chi connectivity index (χ4v) is 4.80. The zero-order valence-electron chi connectivity index (χ0n) is 19.8. The van der Waals surface area contributed by atoms with E-state index in [-0.39, 0.29) is 23.5 Å². The van der Waals surface area contributed by atoms with Crippen LogP contribution in [0.5, 0.6) is 0 Å². The Morgan fingerprint density at radius 2 is 1.76 bits per heavy atom. The van der Waals surface area contributed by atoms with Gasteiger partial charge in [0.15, 0.2) is 0 Å². The zero-order chi connectivity index (χ0) is 26.9. The number of aliphatic hydroxyl groups is 1. The summed E-state index contributed by atoms with van der Waals surface area (Å²) in [5.74, 6) is -1.81. The number of rotatable bonds is 6. The first kappa shape index (κ1) is 26.4. The minimum Gasteiger partial charge on any atom is -0.394 e. The number of nitrogens with zero attached hydrogens (tertiary/aromatic N) is 3. The van der Waals surface area contributed by atoms with Gasteiger partial charge in [0, 0.05) is 11.4 Å². The highest BCUT2D eigenvalue weighted by Gasteiger charge is 2.48. The number of hydrogen-bond acceptors (Lipinski definition) is 5. The fourth-order valence-electron chi connectivity index (χ4n) is 4.80. The number of urea groups is 1. The summed E-state index contributed by atoms with van der Waals surface area (Å²) in [6.07, 6.45) is -2.84. The number of amides is 3. The molecule has 2 aromatic rings. The van der Waals surface area contributed by atoms with Gasteiger partial charge in [-0.1, -0.05) is 12.8 Å². The van der Waals surface area contributed by atoms with Crippen LogP contribution in [0.1, 0.15) is 54.1 Å². The van der Waals surface area contributed by atoms with Gasteiger partial charge in [0.25, 0.3) is 5.91 Å². The lowest BCUT2D eigenvalue weighted by Crippen LogP contribution is -2.40. The van der Waals surface area contributed by atoms with Crippen LogP contribution in [0.4, 0.5) is 33.7 Å². The summed E-state index contributed by atoms with van der Waals surface area (Å²) >= 11 is 0. The van der Waals surface area contributed by atoms with Gasteiger partial charge < -0.3 is 5.11 Å². The maximum Gasteiger partial charge on any atom is 0.417 e. The van der Waals surface area contributed by atoms with E-state index in [0.717, 1.165) is 31.0 Å². The highest BCUT2D eigenvalue weighted by molar-refractivity contribution is 6.08. The Labute approximate surface area is 210 Å². The molecule has 37 heavy (non-hydrogen) atoms. The van der Waals surface area contributed by atoms with Gasteiger partial charge >= 0.3 is 12.2 Å². The Kier molecular flexibility index (Phi) is 7.38. The number of nitrogens with one attached hydrogen (secondary N) is 1. The van der Waals surface area contributed by atoms with Gasteiger partial charge in [-0.25, -0.2) is 14.7 Å². The number of aliphatic hydroxyl groups excluding tert-OH is 1. The molecule has 1 aliphatic carbocycles. The summed E-state index contributed by atoms with van der Waals surface area (Å²) in [4.78, 5) is 33.4. The molecule has 0 bridgehead atoms. The van der Waals surface area contributed by atoms with Gasteiger partial charge in [-0.15, -0.1) is 0 Å². The molecule has 3 atom stereocenters. The Morgan fingerprint density at radius 1 is 1.16 bits per heavy atom. The second kappa shape index (κ2) is 10.4. The molecule has 3 amide bonds. The molecule has 0 spiro atoms. The first-order valence-electron chi connectivity index (χ1n) is 11.7. The molecule has 12 heteroatoms. The Morgan fingerprint density at radius 3 is 2.30 bits per heavy atom. The lowest BCUT2D eigenvalue weighted by atomic mass is 9.89. The normalized spacial score (nSPS) is 20.4. The van der Waals surface area contributed by atoms with Crippen LogP contribution < -0.4 is 15.3 Å². The molecule has 1 saturated heterocycles. The maximum atomic E-state index is 14.9. The van der Waals surface area contributed by atoms with Crippen molar-refractivity contribution >= 4 is 23.3 Å². The van der Waals surface area contributed by atoms with Crippen LogP contribution in [0.25, 0.3) is 0 Å². The summed E-state index contributed by atoms with van der Waals surface area (Å²) < 4.78 is 55.7. The van der Waals surface area contributed by atoms with Crippen molar-refractivity contribution in [2.45, 2.75) is 57.0 Å². The predicted octanol–water partition coefficient (Wildman–Crippen LogP) is 4.52. The van der Waals surface area contributed by atoms with Crippen molar-refractivity contribution in [1.82, 2.24) is 5.48 Å². The van der Waals surface area contributed by atoms with E-state index in [9.17, 15) is 27.2 Å². The Hall–Kier alpha value is -3.69. The fraction of sp³-hybridized carbons (Fsp3) is 0.400. The van der Waals surface area contributed by atoms with E-state index in [0.29, 0.717) is 12.8 Å². The second-order valence-corrected chi connectivity index (χ2v) is 8.99. The second-order valence-electron chi connectivity index (χ2n) is 8.99. The smallest absolute Gasteiger partial charge is 0.394 e. The highest BCUT2D eigenvalue weighted by Crippen LogP contribution is 2.42. The largest absolute Gasteiger partial charge is 0.417 e. The average Bonchev–Trinajstić information content (AvgIpc) is 3.17. The third-order valence-corrected chi connectivity index (χ3v) is 6.56. The molecule has 1 aliphatic heterocycles. The molecule has 2 N–H and O–H groups in total. The molecule has 8 nitrogen and oxygen atoms in total. The van der Waals surface area contributed by atoms with Crippen molar-refractivity contribution in [2.24, 2.45) is 0 Å². The minimum atomic E-state index is -4.78. The van der Waals surface area contributed by atoms with Crippen molar-refractivity contribution in [1.29, 1.82) is 5.26 Å². The molecule has 0 radical (unpaired) electrons. The standard InChI is InChI=1S/C25H24F4N4O4/c1-14(13-34)37-31-23(35)18-9-8-17(11-20(18)26)33-22-5-3-2-4-21(22)32(24(33)36)16-7-6-15(12-30)19(10-16)25(27,28)29/h6-11,14,21-22,34H,2-5,13H2,1H3,(H,31,35). The van der Waals surface area contributed by atoms with E-state index >= 15 is 0 Å².